The molecule has 0 saturated heterocycles. The Morgan fingerprint density at radius 2 is 0.589 bits per heavy atom. The van der Waals surface area contributed by atoms with Crippen LogP contribution in [-0.2, 0) is 0 Å². The predicted molar refractivity (Wildman–Crippen MR) is 369 cm³/mol. The fourth-order valence-electron chi connectivity index (χ4n) is 14.5. The van der Waals surface area contributed by atoms with Crippen molar-refractivity contribution in [3.63, 3.8) is 0 Å². The molecule has 0 bridgehead atoms. The van der Waals surface area contributed by atoms with Gasteiger partial charge in [0, 0.05) is 32.9 Å². The third kappa shape index (κ3) is 7.18. The first-order chi connectivity index (χ1) is 44.6. The van der Waals surface area contributed by atoms with E-state index in [0.717, 1.165) is 167 Å². The van der Waals surface area contributed by atoms with Crippen LogP contribution in [-0.4, -0.2) is 37.0 Å². The van der Waals surface area contributed by atoms with E-state index in [1.807, 2.05) is 0 Å². The summed E-state index contributed by atoms with van der Waals surface area (Å²) < 4.78 is 13.9. The Kier molecular flexibility index (Phi) is 10.6. The Morgan fingerprint density at radius 1 is 0.256 bits per heavy atom. The molecule has 0 N–H and O–H groups in total. The van der Waals surface area contributed by atoms with E-state index in [9.17, 15) is 6.57 Å². The zero-order valence-corrected chi connectivity index (χ0v) is 48.3. The fourth-order valence-corrected chi connectivity index (χ4v) is 14.5. The summed E-state index contributed by atoms with van der Waals surface area (Å²) in [5.74, 6) is 1.62. The van der Waals surface area contributed by atoms with E-state index in [0.29, 0.717) is 5.69 Å². The highest BCUT2D eigenvalue weighted by molar-refractivity contribution is 6.14. The van der Waals surface area contributed by atoms with Gasteiger partial charge in [-0.25, -0.2) is 14.8 Å². The maximum Gasteiger partial charge on any atom is 0.235 e. The Morgan fingerprint density at radius 3 is 0.967 bits per heavy atom. The maximum absolute atomic E-state index is 9.94. The summed E-state index contributed by atoms with van der Waals surface area (Å²) >= 11 is 0. The summed E-state index contributed by atoms with van der Waals surface area (Å²) in [5.41, 5.74) is 24.1. The Labute approximate surface area is 515 Å². The van der Waals surface area contributed by atoms with Gasteiger partial charge in [-0.05, 0) is 148 Å². The molecular formula is C81H49N9. The lowest BCUT2D eigenvalue weighted by molar-refractivity contribution is 1.11. The van der Waals surface area contributed by atoms with E-state index in [4.69, 9.17) is 14.8 Å². The van der Waals surface area contributed by atoms with Crippen molar-refractivity contribution in [3.05, 3.63) is 309 Å². The number of benzene rings is 13. The summed E-state index contributed by atoms with van der Waals surface area (Å²) in [6.45, 7) is 9.94. The molecule has 19 rings (SSSR count). The van der Waals surface area contributed by atoms with Crippen molar-refractivity contribution in [2.75, 3.05) is 0 Å². The molecule has 0 aliphatic heterocycles. The average Bonchev–Trinajstić information content (AvgIpc) is 1.50. The molecule has 9 heteroatoms. The molecule has 418 valence electrons. The van der Waals surface area contributed by atoms with E-state index in [1.54, 1.807) is 0 Å². The molecule has 6 aromatic heterocycles. The molecule has 19 aromatic rings. The van der Waals surface area contributed by atoms with Gasteiger partial charge in [0.1, 0.15) is 0 Å². The lowest BCUT2D eigenvalue weighted by Crippen LogP contribution is -2.05. The van der Waals surface area contributed by atoms with Crippen molar-refractivity contribution in [3.8, 4) is 67.3 Å². The van der Waals surface area contributed by atoms with Gasteiger partial charge >= 0.3 is 0 Å². The molecule has 0 amide bonds. The largest absolute Gasteiger partial charge is 0.318 e. The van der Waals surface area contributed by atoms with Gasteiger partial charge in [0.15, 0.2) is 0 Å². The highest BCUT2D eigenvalue weighted by atomic mass is 15.2. The predicted octanol–water partition coefficient (Wildman–Crippen LogP) is 20.6. The molecule has 9 nitrogen and oxygen atoms in total. The molecular weight excluding hydrogens is 1100 g/mol. The molecule has 90 heavy (non-hydrogen) atoms. The molecule has 0 aliphatic carbocycles. The van der Waals surface area contributed by atoms with Gasteiger partial charge in [-0.15, -0.1) is 0 Å². The average molecular weight is 1150 g/mol. The van der Waals surface area contributed by atoms with E-state index in [2.05, 4.69) is 324 Å². The summed E-state index contributed by atoms with van der Waals surface area (Å²) in [6, 6.07) is 106. The fraction of sp³-hybridized carbons (Fsp3) is 0. The van der Waals surface area contributed by atoms with Gasteiger partial charge in [0.25, 0.3) is 0 Å². The second-order valence-electron chi connectivity index (χ2n) is 23.3. The van der Waals surface area contributed by atoms with Crippen molar-refractivity contribution in [2.45, 2.75) is 0 Å². The molecule has 0 radical (unpaired) electrons. The van der Waals surface area contributed by atoms with Crippen LogP contribution in [0.3, 0.4) is 0 Å². The van der Waals surface area contributed by atoms with Crippen LogP contribution in [0.4, 0.5) is 5.69 Å². The minimum atomic E-state index is 0.515. The molecule has 0 atom stereocenters. The lowest BCUT2D eigenvalue weighted by atomic mass is 9.92. The minimum Gasteiger partial charge on any atom is -0.318 e. The van der Waals surface area contributed by atoms with Crippen LogP contribution in [0, 0.1) is 6.57 Å². The first-order valence-electron chi connectivity index (χ1n) is 30.3. The molecule has 13 aromatic carbocycles. The van der Waals surface area contributed by atoms with Gasteiger partial charge in [0.05, 0.1) is 84.1 Å². The number of imidazole rings is 4. The Hall–Kier alpha value is -12.5. The second kappa shape index (κ2) is 19.2. The van der Waals surface area contributed by atoms with Gasteiger partial charge in [-0.3, -0.25) is 17.9 Å². The summed E-state index contributed by atoms with van der Waals surface area (Å²) in [7, 11) is 0. The van der Waals surface area contributed by atoms with Crippen LogP contribution < -0.4 is 0 Å². The normalized spacial score (nSPS) is 12.0. The first-order valence-corrected chi connectivity index (χ1v) is 30.3. The van der Waals surface area contributed by atoms with Crippen molar-refractivity contribution < 1.29 is 0 Å². The number of para-hydroxylation sites is 6. The van der Waals surface area contributed by atoms with Gasteiger partial charge in [-0.1, -0.05) is 194 Å². The molecule has 0 spiro atoms. The third-order valence-electron chi connectivity index (χ3n) is 18.4. The number of hydrogen-bond donors (Lipinski definition) is 0. The highest BCUT2D eigenvalue weighted by Gasteiger charge is 2.30. The smallest absolute Gasteiger partial charge is 0.235 e. The standard InChI is InChI=1S/C81H49N9/c1-82-77-78(87-67-34-18-14-30-59(67)60-31-15-19-35-68(60)87)63(55-40-44-71-75(48-55)89-73-46-53(51-22-6-2-7-23-51)38-42-65(73)83-80(89)85(71)57-26-10-4-11-27-57)50-64(79(77)88-69-36-20-16-32-61(69)62-33-17-21-37-70(62)88)56-41-45-72-76(49-56)90-74-47-54(52-24-8-3-9-25-52)39-43-66(74)84-81(90)86(72)58-28-12-5-13-29-58/h2-50H. The van der Waals surface area contributed by atoms with Crippen LogP contribution in [0.15, 0.2) is 297 Å². The molecule has 0 aliphatic rings. The van der Waals surface area contributed by atoms with Gasteiger partial charge < -0.3 is 9.13 Å². The van der Waals surface area contributed by atoms with Crippen molar-refractivity contribution >= 4 is 105 Å². The van der Waals surface area contributed by atoms with Crippen molar-refractivity contribution in [1.29, 1.82) is 0 Å². The molecule has 0 fully saturated rings. The SMILES string of the molecule is [C-]#[N+]c1c(-n2c3ccccc3c3ccccc32)c(-c2ccc3c(c2)n2c4cc(-c5ccccc5)ccc4nc2n3-c2ccccc2)cc(-c2ccc3c(c2)n2c4cc(-c5ccccc5)ccc4nc2n3-c2ccccc2)c1-n1c2ccccc2c2ccccc21. The van der Waals surface area contributed by atoms with E-state index >= 15 is 0 Å². The molecule has 6 heterocycles. The Balaban J connectivity index is 0.980. The number of hydrogen-bond acceptors (Lipinski definition) is 2. The third-order valence-corrected chi connectivity index (χ3v) is 18.4. The molecule has 0 unspecified atom stereocenters. The molecule has 0 saturated carbocycles. The van der Waals surface area contributed by atoms with E-state index in [-0.39, 0.29) is 0 Å². The van der Waals surface area contributed by atoms with E-state index in [1.165, 1.54) is 0 Å². The first kappa shape index (κ1) is 49.7. The van der Waals surface area contributed by atoms with Crippen LogP contribution >= 0.6 is 0 Å². The van der Waals surface area contributed by atoms with Gasteiger partial charge in [0.2, 0.25) is 17.2 Å². The summed E-state index contributed by atoms with van der Waals surface area (Å²) in [4.78, 5) is 15.8. The number of aromatic nitrogens is 8. The minimum absolute atomic E-state index is 0.515. The van der Waals surface area contributed by atoms with Crippen LogP contribution in [0.25, 0.3) is 171 Å². The second-order valence-corrected chi connectivity index (χ2v) is 23.3. The number of rotatable bonds is 8. The van der Waals surface area contributed by atoms with Crippen molar-refractivity contribution in [2.24, 2.45) is 0 Å². The summed E-state index contributed by atoms with van der Waals surface area (Å²) in [6.07, 6.45) is 0. The van der Waals surface area contributed by atoms with E-state index < -0.39 is 0 Å². The zero-order valence-electron chi connectivity index (χ0n) is 48.3. The van der Waals surface area contributed by atoms with Crippen molar-refractivity contribution in [1.82, 2.24) is 37.0 Å². The summed E-state index contributed by atoms with van der Waals surface area (Å²) in [5, 5.41) is 4.42. The number of nitrogens with zero attached hydrogens (tertiary/aromatic N) is 9. The number of fused-ring (bicyclic) bond motifs is 16. The maximum atomic E-state index is 9.94. The van der Waals surface area contributed by atoms with Crippen LogP contribution in [0.2, 0.25) is 0 Å². The topological polar surface area (TPSA) is 58.7 Å². The quantitative estimate of drug-likeness (QED) is 0.142. The lowest BCUT2D eigenvalue weighted by Gasteiger charge is -2.24. The van der Waals surface area contributed by atoms with Crippen LogP contribution in [0.1, 0.15) is 0 Å². The zero-order chi connectivity index (χ0) is 59.1. The van der Waals surface area contributed by atoms with Crippen LogP contribution in [0.5, 0.6) is 0 Å². The Bertz CT molecular complexity index is 5730. The highest BCUT2D eigenvalue weighted by Crippen LogP contribution is 2.51. The monoisotopic (exact) mass is 1150 g/mol. The van der Waals surface area contributed by atoms with Gasteiger partial charge in [-0.2, -0.15) is 0 Å².